The number of ether oxygens (including phenoxy) is 2. The number of pyridine rings is 2. The van der Waals surface area contributed by atoms with E-state index in [0.29, 0.717) is 31.3 Å². The second kappa shape index (κ2) is 18.2. The normalized spacial score (nSPS) is 23.9. The van der Waals surface area contributed by atoms with Crippen molar-refractivity contribution in [1.82, 2.24) is 24.6 Å². The number of aromatic amines is 1. The summed E-state index contributed by atoms with van der Waals surface area (Å²) in [6.45, 7) is 7.76. The van der Waals surface area contributed by atoms with Gasteiger partial charge in [-0.2, -0.15) is 4.98 Å². The molecule has 2 aromatic carbocycles. The van der Waals surface area contributed by atoms with Gasteiger partial charge in [0.25, 0.3) is 21.8 Å². The van der Waals surface area contributed by atoms with Crippen LogP contribution in [-0.4, -0.2) is 95.2 Å². The van der Waals surface area contributed by atoms with E-state index in [1.807, 2.05) is 0 Å². The van der Waals surface area contributed by atoms with Gasteiger partial charge in [0, 0.05) is 68.8 Å². The summed E-state index contributed by atoms with van der Waals surface area (Å²) in [5, 5.41) is 25.6. The van der Waals surface area contributed by atoms with Crippen LogP contribution in [0.3, 0.4) is 0 Å². The maximum atomic E-state index is 14.9. The number of amides is 1. The lowest BCUT2D eigenvalue weighted by Crippen LogP contribution is -2.63. The molecule has 3 aliphatic carbocycles. The van der Waals surface area contributed by atoms with Crippen LogP contribution in [0, 0.1) is 27.3 Å². The molecule has 2 aliphatic heterocycles. The molecule has 5 heterocycles. The molecule has 5 aromatic rings. The SMILES string of the molecule is CCOc1nc2[nH]cc(F)c2cc1Oc1cc(N2CCC3(CC2)CN([C@H]2CCC[C@H]2c2ccccc2C2CC2)C3)ccc1C(=O)NS(=O)(=O)c1cnc(NC[C@H]2CC[C@](C)(O)CC2)c([N+](=O)[O-])c1. The number of carbonyl (C=O) groups is 1. The van der Waals surface area contributed by atoms with Crippen LogP contribution in [0.1, 0.15) is 118 Å². The Balaban J connectivity index is 0.869. The standard InChI is InChI=1S/C50H59FN8O8S/c1-3-66-48-44(25-39-40(51)28-54-45(39)55-48)67-43-23-33(57-21-19-50(20-22-57)29-58(30-50)41-10-6-9-37(41)36-8-5-4-7-35(36)32-11-12-32)13-14-38(43)47(60)56-68(64,65)34-24-42(59(62)63)46(53-27-34)52-26-31-15-17-49(2,61)18-16-31/h4-5,7-8,13-14,23-25,27-28,31-32,37,41,61H,3,6,9-12,15-22,26,29-30H2,1-2H3,(H,52,53)(H,54,55)(H,56,60)/t31-,37-,41-,49-/m0/s1. The number of nitrogens with zero attached hydrogens (tertiary/aromatic N) is 5. The van der Waals surface area contributed by atoms with Crippen LogP contribution in [0.2, 0.25) is 0 Å². The van der Waals surface area contributed by atoms with Crippen molar-refractivity contribution in [2.45, 2.75) is 113 Å². The van der Waals surface area contributed by atoms with Crippen LogP contribution in [0.15, 0.2) is 71.9 Å². The Bertz CT molecular complexity index is 2830. The summed E-state index contributed by atoms with van der Waals surface area (Å²) in [5.41, 5.74) is 2.84. The average molecular weight is 951 g/mol. The Labute approximate surface area is 395 Å². The van der Waals surface area contributed by atoms with E-state index in [4.69, 9.17) is 9.47 Å². The predicted molar refractivity (Wildman–Crippen MR) is 255 cm³/mol. The molecule has 68 heavy (non-hydrogen) atoms. The molecule has 1 spiro atoms. The number of piperidine rings is 1. The first-order chi connectivity index (χ1) is 32.7. The summed E-state index contributed by atoms with van der Waals surface area (Å²) in [7, 11) is -4.72. The third kappa shape index (κ3) is 9.33. The lowest BCUT2D eigenvalue weighted by molar-refractivity contribution is -0.384. The molecule has 3 aromatic heterocycles. The number of hydrogen-bond acceptors (Lipinski definition) is 13. The first-order valence-corrected chi connectivity index (χ1v) is 25.5. The van der Waals surface area contributed by atoms with Crippen molar-refractivity contribution in [3.63, 3.8) is 0 Å². The van der Waals surface area contributed by atoms with E-state index in [2.05, 4.69) is 59.1 Å². The van der Waals surface area contributed by atoms with Gasteiger partial charge in [0.2, 0.25) is 5.82 Å². The fourth-order valence-corrected chi connectivity index (χ4v) is 12.1. The molecule has 2 atom stereocenters. The van der Waals surface area contributed by atoms with Crippen LogP contribution < -0.4 is 24.4 Å². The lowest BCUT2D eigenvalue weighted by Gasteiger charge is -2.57. The van der Waals surface area contributed by atoms with E-state index in [9.17, 15) is 32.8 Å². The quantitative estimate of drug-likeness (QED) is 0.0573. The number of likely N-dealkylation sites (tertiary alicyclic amines) is 1. The Morgan fingerprint density at radius 2 is 1.75 bits per heavy atom. The lowest BCUT2D eigenvalue weighted by atomic mass is 9.70. The van der Waals surface area contributed by atoms with Gasteiger partial charge in [-0.1, -0.05) is 30.7 Å². The van der Waals surface area contributed by atoms with Crippen molar-refractivity contribution in [2.75, 3.05) is 49.5 Å². The van der Waals surface area contributed by atoms with Crippen LogP contribution in [0.4, 0.5) is 21.6 Å². The van der Waals surface area contributed by atoms with Gasteiger partial charge >= 0.3 is 5.69 Å². The highest BCUT2D eigenvalue weighted by molar-refractivity contribution is 7.90. The van der Waals surface area contributed by atoms with Crippen molar-refractivity contribution in [3.8, 4) is 17.4 Å². The van der Waals surface area contributed by atoms with Gasteiger partial charge in [-0.25, -0.2) is 22.5 Å². The summed E-state index contributed by atoms with van der Waals surface area (Å²) in [6.07, 6.45) is 13.0. The van der Waals surface area contributed by atoms with E-state index in [1.54, 1.807) is 37.1 Å². The third-order valence-electron chi connectivity index (χ3n) is 15.2. The molecule has 5 aliphatic rings. The molecule has 10 rings (SSSR count). The van der Waals surface area contributed by atoms with Gasteiger partial charge in [0.15, 0.2) is 5.75 Å². The number of nitrogens with one attached hydrogen (secondary N) is 3. The van der Waals surface area contributed by atoms with Gasteiger partial charge in [0.1, 0.15) is 22.1 Å². The summed E-state index contributed by atoms with van der Waals surface area (Å²) in [5.74, 6) is -0.299. The fourth-order valence-electron chi connectivity index (χ4n) is 11.2. The molecule has 0 bridgehead atoms. The number of sulfonamides is 1. The van der Waals surface area contributed by atoms with Crippen LogP contribution in [0.25, 0.3) is 11.0 Å². The number of aromatic nitrogens is 3. The zero-order chi connectivity index (χ0) is 47.4. The second-order valence-electron chi connectivity index (χ2n) is 20.0. The van der Waals surface area contributed by atoms with Gasteiger partial charge in [-0.3, -0.25) is 19.8 Å². The molecule has 18 heteroatoms. The molecule has 0 radical (unpaired) electrons. The predicted octanol–water partition coefficient (Wildman–Crippen LogP) is 8.78. The van der Waals surface area contributed by atoms with E-state index < -0.39 is 42.9 Å². The minimum absolute atomic E-state index is 0.00514. The minimum Gasteiger partial charge on any atom is -0.475 e. The van der Waals surface area contributed by atoms with Gasteiger partial charge in [0.05, 0.1) is 34.3 Å². The van der Waals surface area contributed by atoms with E-state index in [0.717, 1.165) is 81.9 Å². The van der Waals surface area contributed by atoms with Crippen LogP contribution in [-0.2, 0) is 10.0 Å². The van der Waals surface area contributed by atoms with Crippen molar-refractivity contribution >= 4 is 44.2 Å². The number of benzene rings is 2. The molecule has 2 saturated heterocycles. The summed E-state index contributed by atoms with van der Waals surface area (Å²) in [6, 6.07) is 16.8. The highest BCUT2D eigenvalue weighted by Gasteiger charge is 2.50. The highest BCUT2D eigenvalue weighted by Crippen LogP contribution is 2.51. The topological polar surface area (TPSA) is 205 Å². The first kappa shape index (κ1) is 45.9. The van der Waals surface area contributed by atoms with E-state index >= 15 is 0 Å². The fraction of sp³-hybridized carbons (Fsp3) is 0.500. The summed E-state index contributed by atoms with van der Waals surface area (Å²) < 4.78 is 56.8. The van der Waals surface area contributed by atoms with E-state index in [-0.39, 0.29) is 57.7 Å². The van der Waals surface area contributed by atoms with Crippen molar-refractivity contribution < 1.29 is 37.1 Å². The smallest absolute Gasteiger partial charge is 0.312 e. The van der Waals surface area contributed by atoms with Crippen molar-refractivity contribution in [1.29, 1.82) is 0 Å². The number of aliphatic hydroxyl groups is 1. The Morgan fingerprint density at radius 1 is 1.00 bits per heavy atom. The zero-order valence-corrected chi connectivity index (χ0v) is 39.3. The summed E-state index contributed by atoms with van der Waals surface area (Å²) >= 11 is 0. The molecule has 360 valence electrons. The molecule has 3 saturated carbocycles. The average Bonchev–Trinajstić information content (AvgIpc) is 3.95. The number of anilines is 2. The number of nitro groups is 1. The van der Waals surface area contributed by atoms with Crippen molar-refractivity contribution in [2.24, 2.45) is 11.3 Å². The van der Waals surface area contributed by atoms with Gasteiger partial charge < -0.3 is 29.8 Å². The number of fused-ring (bicyclic) bond motifs is 1. The monoisotopic (exact) mass is 950 g/mol. The number of H-pyrrole nitrogens is 1. The molecule has 4 N–H and O–H groups in total. The molecular formula is C50H59FN8O8S. The van der Waals surface area contributed by atoms with Crippen LogP contribution in [0.5, 0.6) is 17.4 Å². The number of hydrogen-bond donors (Lipinski definition) is 4. The van der Waals surface area contributed by atoms with Gasteiger partial charge in [-0.15, -0.1) is 0 Å². The Morgan fingerprint density at radius 3 is 2.47 bits per heavy atom. The number of carbonyl (C=O) groups excluding carboxylic acids is 1. The Kier molecular flexibility index (Phi) is 12.3. The number of halogens is 1. The maximum Gasteiger partial charge on any atom is 0.312 e. The number of rotatable bonds is 15. The Hall–Kier alpha value is -5.85. The van der Waals surface area contributed by atoms with Crippen molar-refractivity contribution in [3.05, 3.63) is 99.6 Å². The molecular weight excluding hydrogens is 892 g/mol. The molecule has 16 nitrogen and oxygen atoms in total. The third-order valence-corrected chi connectivity index (χ3v) is 16.5. The molecule has 0 unspecified atom stereocenters. The molecule has 5 fully saturated rings. The second-order valence-corrected chi connectivity index (χ2v) is 21.7. The van der Waals surface area contributed by atoms with E-state index in [1.165, 1.54) is 44.2 Å². The van der Waals surface area contributed by atoms with Crippen LogP contribution >= 0.6 is 0 Å². The highest BCUT2D eigenvalue weighted by atomic mass is 32.2. The molecule has 1 amide bonds. The maximum absolute atomic E-state index is 14.9. The van der Waals surface area contributed by atoms with Gasteiger partial charge in [-0.05, 0) is 124 Å². The summed E-state index contributed by atoms with van der Waals surface area (Å²) in [4.78, 5) is 41.2. The minimum atomic E-state index is -4.72. The largest absolute Gasteiger partial charge is 0.475 e. The zero-order valence-electron chi connectivity index (χ0n) is 38.5. The first-order valence-electron chi connectivity index (χ1n) is 24.1.